The molecule has 0 heterocycles. The van der Waals surface area contributed by atoms with Crippen molar-refractivity contribution in [1.29, 1.82) is 0 Å². The monoisotopic (exact) mass is 375 g/mol. The summed E-state index contributed by atoms with van der Waals surface area (Å²) < 4.78 is 5.11. The zero-order valence-electron chi connectivity index (χ0n) is 15.6. The molecule has 0 unspecified atom stereocenters. The van der Waals surface area contributed by atoms with Crippen molar-refractivity contribution in [3.8, 4) is 0 Å². The summed E-state index contributed by atoms with van der Waals surface area (Å²) in [5, 5.41) is 4.57. The smallest absolute Gasteiger partial charge is 0.338 e. The third kappa shape index (κ3) is 5.04. The van der Waals surface area contributed by atoms with Crippen LogP contribution in [0.2, 0.25) is 0 Å². The van der Waals surface area contributed by atoms with Crippen LogP contribution in [-0.2, 0) is 20.7 Å². The molecule has 28 heavy (non-hydrogen) atoms. The summed E-state index contributed by atoms with van der Waals surface area (Å²) in [4.78, 5) is 36.2. The molecule has 3 aromatic carbocycles. The van der Waals surface area contributed by atoms with Gasteiger partial charge in [0.2, 0.25) is 0 Å². The number of hydrogen-bond acceptors (Lipinski definition) is 4. The van der Waals surface area contributed by atoms with E-state index in [4.69, 9.17) is 4.74 Å². The van der Waals surface area contributed by atoms with E-state index in [2.05, 4.69) is 5.32 Å². The van der Waals surface area contributed by atoms with Gasteiger partial charge in [-0.05, 0) is 41.8 Å². The number of amides is 1. The minimum atomic E-state index is -0.658. The van der Waals surface area contributed by atoms with E-state index in [0.29, 0.717) is 12.0 Å². The van der Waals surface area contributed by atoms with Crippen LogP contribution in [0.25, 0.3) is 10.8 Å². The first-order valence-electron chi connectivity index (χ1n) is 9.02. The highest BCUT2D eigenvalue weighted by atomic mass is 16.5. The van der Waals surface area contributed by atoms with Crippen LogP contribution < -0.4 is 5.32 Å². The first-order chi connectivity index (χ1) is 13.5. The SMILES string of the molecule is CC(=O)[C@@H](Cc1ccccc1)NC(=O)COC(=O)c1ccc2ccccc2c1. The van der Waals surface area contributed by atoms with Crippen LogP contribution in [-0.4, -0.2) is 30.3 Å². The number of Topliss-reactive ketones (excluding diaryl/α,β-unsaturated/α-hetero) is 1. The van der Waals surface area contributed by atoms with Gasteiger partial charge in [0.15, 0.2) is 12.4 Å². The minimum absolute atomic E-state index is 0.155. The Bertz CT molecular complexity index is 998. The van der Waals surface area contributed by atoms with Crippen molar-refractivity contribution in [3.05, 3.63) is 83.9 Å². The molecule has 1 N–H and O–H groups in total. The molecular formula is C23H21NO4. The van der Waals surface area contributed by atoms with Gasteiger partial charge in [0.25, 0.3) is 5.91 Å². The molecule has 142 valence electrons. The fourth-order valence-electron chi connectivity index (χ4n) is 2.91. The molecule has 5 nitrogen and oxygen atoms in total. The number of carbonyl (C=O) groups is 3. The van der Waals surface area contributed by atoms with Crippen molar-refractivity contribution < 1.29 is 19.1 Å². The van der Waals surface area contributed by atoms with E-state index in [0.717, 1.165) is 16.3 Å². The molecule has 0 saturated heterocycles. The number of esters is 1. The number of benzene rings is 3. The Morgan fingerprint density at radius 2 is 1.57 bits per heavy atom. The molecule has 0 bridgehead atoms. The van der Waals surface area contributed by atoms with Crippen LogP contribution in [0.5, 0.6) is 0 Å². The van der Waals surface area contributed by atoms with Crippen molar-refractivity contribution >= 4 is 28.4 Å². The molecule has 0 aliphatic carbocycles. The molecule has 0 saturated carbocycles. The molecule has 1 amide bonds. The second-order valence-corrected chi connectivity index (χ2v) is 6.56. The Morgan fingerprint density at radius 3 is 2.29 bits per heavy atom. The molecule has 1 atom stereocenters. The number of rotatable bonds is 7. The van der Waals surface area contributed by atoms with Crippen molar-refractivity contribution in [2.75, 3.05) is 6.61 Å². The molecule has 0 spiro atoms. The Morgan fingerprint density at radius 1 is 0.893 bits per heavy atom. The fourth-order valence-corrected chi connectivity index (χ4v) is 2.91. The van der Waals surface area contributed by atoms with E-state index in [1.165, 1.54) is 6.92 Å². The molecule has 0 fully saturated rings. The predicted octanol–water partition coefficient (Wildman–Crippen LogP) is 3.31. The largest absolute Gasteiger partial charge is 0.452 e. The van der Waals surface area contributed by atoms with Crippen LogP contribution in [0.1, 0.15) is 22.8 Å². The zero-order valence-corrected chi connectivity index (χ0v) is 15.6. The maximum atomic E-state index is 12.2. The summed E-state index contributed by atoms with van der Waals surface area (Å²) in [7, 11) is 0. The first-order valence-corrected chi connectivity index (χ1v) is 9.02. The number of carbonyl (C=O) groups excluding carboxylic acids is 3. The number of ether oxygens (including phenoxy) is 1. The molecular weight excluding hydrogens is 354 g/mol. The van der Waals surface area contributed by atoms with Crippen molar-refractivity contribution in [2.45, 2.75) is 19.4 Å². The van der Waals surface area contributed by atoms with Gasteiger partial charge in [-0.15, -0.1) is 0 Å². The molecule has 3 aromatic rings. The third-order valence-electron chi connectivity index (χ3n) is 4.43. The number of hydrogen-bond donors (Lipinski definition) is 1. The van der Waals surface area contributed by atoms with E-state index < -0.39 is 24.5 Å². The second kappa shape index (κ2) is 8.95. The van der Waals surface area contributed by atoms with Gasteiger partial charge >= 0.3 is 5.97 Å². The van der Waals surface area contributed by atoms with Crippen molar-refractivity contribution in [2.24, 2.45) is 0 Å². The topological polar surface area (TPSA) is 72.5 Å². The van der Waals surface area contributed by atoms with Gasteiger partial charge in [-0.25, -0.2) is 4.79 Å². The summed E-state index contributed by atoms with van der Waals surface area (Å²) in [6.07, 6.45) is 0.389. The van der Waals surface area contributed by atoms with Gasteiger partial charge in [-0.3, -0.25) is 9.59 Å². The summed E-state index contributed by atoms with van der Waals surface area (Å²) in [5.41, 5.74) is 1.31. The molecule has 5 heteroatoms. The van der Waals surface area contributed by atoms with Gasteiger partial charge in [-0.1, -0.05) is 60.7 Å². The molecule has 0 aliphatic heterocycles. The lowest BCUT2D eigenvalue weighted by Gasteiger charge is -2.16. The average Bonchev–Trinajstić information content (AvgIpc) is 2.72. The fraction of sp³-hybridized carbons (Fsp3) is 0.174. The number of nitrogens with one attached hydrogen (secondary N) is 1. The lowest BCUT2D eigenvalue weighted by molar-refractivity contribution is -0.128. The molecule has 0 radical (unpaired) electrons. The van der Waals surface area contributed by atoms with E-state index in [9.17, 15) is 14.4 Å². The van der Waals surface area contributed by atoms with Crippen molar-refractivity contribution in [1.82, 2.24) is 5.32 Å². The summed E-state index contributed by atoms with van der Waals surface area (Å²) in [6.45, 7) is 0.985. The standard InChI is InChI=1S/C23H21NO4/c1-16(25)21(13-17-7-3-2-4-8-17)24-22(26)15-28-23(27)20-12-11-18-9-5-6-10-19(18)14-20/h2-12,14,21H,13,15H2,1H3,(H,24,26)/t21-/m1/s1. The van der Waals surface area contributed by atoms with Crippen LogP contribution >= 0.6 is 0 Å². The van der Waals surface area contributed by atoms with E-state index in [-0.39, 0.29) is 5.78 Å². The molecule has 3 rings (SSSR count). The van der Waals surface area contributed by atoms with E-state index in [1.54, 1.807) is 12.1 Å². The van der Waals surface area contributed by atoms with E-state index >= 15 is 0 Å². The van der Waals surface area contributed by atoms with Gasteiger partial charge < -0.3 is 10.1 Å². The van der Waals surface area contributed by atoms with Gasteiger partial charge in [-0.2, -0.15) is 0 Å². The van der Waals surface area contributed by atoms with E-state index in [1.807, 2.05) is 60.7 Å². The molecule has 0 aliphatic rings. The van der Waals surface area contributed by atoms with Gasteiger partial charge in [0.1, 0.15) is 0 Å². The highest BCUT2D eigenvalue weighted by Crippen LogP contribution is 2.16. The quantitative estimate of drug-likeness (QED) is 0.643. The Hall–Kier alpha value is -3.47. The van der Waals surface area contributed by atoms with Gasteiger partial charge in [0, 0.05) is 0 Å². The average molecular weight is 375 g/mol. The van der Waals surface area contributed by atoms with Crippen LogP contribution in [0.4, 0.5) is 0 Å². The summed E-state index contributed by atoms with van der Waals surface area (Å²) >= 11 is 0. The maximum absolute atomic E-state index is 12.2. The van der Waals surface area contributed by atoms with Crippen LogP contribution in [0.15, 0.2) is 72.8 Å². The number of fused-ring (bicyclic) bond motifs is 1. The Kier molecular flexibility index (Phi) is 6.17. The lowest BCUT2D eigenvalue weighted by Crippen LogP contribution is -2.43. The maximum Gasteiger partial charge on any atom is 0.338 e. The van der Waals surface area contributed by atoms with Crippen molar-refractivity contribution in [3.63, 3.8) is 0 Å². The highest BCUT2D eigenvalue weighted by molar-refractivity contribution is 5.96. The van der Waals surface area contributed by atoms with Crippen LogP contribution in [0, 0.1) is 0 Å². The number of ketones is 1. The van der Waals surface area contributed by atoms with Gasteiger partial charge in [0.05, 0.1) is 11.6 Å². The zero-order chi connectivity index (χ0) is 19.9. The summed E-state index contributed by atoms with van der Waals surface area (Å²) in [5.74, 6) is -1.24. The Labute approximate surface area is 163 Å². The first kappa shape index (κ1) is 19.3. The lowest BCUT2D eigenvalue weighted by atomic mass is 10.0. The second-order valence-electron chi connectivity index (χ2n) is 6.56. The normalized spacial score (nSPS) is 11.6. The van der Waals surface area contributed by atoms with Crippen LogP contribution in [0.3, 0.4) is 0 Å². The minimum Gasteiger partial charge on any atom is -0.452 e. The molecule has 0 aromatic heterocycles. The highest BCUT2D eigenvalue weighted by Gasteiger charge is 2.19. The summed E-state index contributed by atoms with van der Waals surface area (Å²) in [6, 6.07) is 21.6. The third-order valence-corrected chi connectivity index (χ3v) is 4.43. The predicted molar refractivity (Wildman–Crippen MR) is 107 cm³/mol. The Balaban J connectivity index is 1.57.